The summed E-state index contributed by atoms with van der Waals surface area (Å²) < 4.78 is 21.5. The van der Waals surface area contributed by atoms with Crippen molar-refractivity contribution in [1.29, 1.82) is 0 Å². The van der Waals surface area contributed by atoms with Gasteiger partial charge in [0.05, 0.1) is 38.8 Å². The largest absolute Gasteiger partial charge is 0.495 e. The van der Waals surface area contributed by atoms with Crippen LogP contribution in [-0.2, 0) is 9.59 Å². The predicted octanol–water partition coefficient (Wildman–Crippen LogP) is 4.83. The molecule has 2 aromatic rings. The van der Waals surface area contributed by atoms with Gasteiger partial charge in [0.2, 0.25) is 6.04 Å². The Bertz CT molecular complexity index is 996. The molecule has 0 radical (unpaired) electrons. The quantitative estimate of drug-likeness (QED) is 0.377. The molecule has 1 atom stereocenters. The van der Waals surface area contributed by atoms with Crippen LogP contribution < -0.4 is 24.3 Å². The molecular weight excluding hydrogens is 438 g/mol. The number of ketones is 1. The van der Waals surface area contributed by atoms with Gasteiger partial charge in [-0.1, -0.05) is 11.6 Å². The number of carbonyl (C=O) groups is 2. The number of carbonyl (C=O) groups excluding carboxylic acids is 2. The van der Waals surface area contributed by atoms with E-state index in [1.807, 2.05) is 13.8 Å². The summed E-state index contributed by atoms with van der Waals surface area (Å²) in [5.41, 5.74) is 0.672. The lowest BCUT2D eigenvalue weighted by Gasteiger charge is -2.15. The molecule has 0 bridgehead atoms. The van der Waals surface area contributed by atoms with Crippen molar-refractivity contribution in [2.45, 2.75) is 26.8 Å². The molecule has 0 aliphatic heterocycles. The molecule has 1 amide bonds. The number of methoxy groups -OCH3 is 2. The Morgan fingerprint density at radius 2 is 1.66 bits per heavy atom. The summed E-state index contributed by atoms with van der Waals surface area (Å²) in [4.78, 5) is 24.8. The van der Waals surface area contributed by atoms with Crippen LogP contribution >= 0.6 is 11.6 Å². The Balaban J connectivity index is 2.27. The zero-order chi connectivity index (χ0) is 23.7. The van der Waals surface area contributed by atoms with E-state index < -0.39 is 17.7 Å². The first kappa shape index (κ1) is 24.9. The summed E-state index contributed by atoms with van der Waals surface area (Å²) in [6.45, 7) is 5.88. The smallest absolute Gasteiger partial charge is 0.258 e. The van der Waals surface area contributed by atoms with E-state index in [1.54, 1.807) is 30.3 Å². The standard InChI is InChI=1S/C22H26ClN3O6/c1-6-31-16-10-8-14(12-18(16)32-7-2)25-26-20(13(3)27)22(28)24-15-9-11-17(29-4)19(23)21(15)30-5/h8-12,20H,6-7H2,1-5H3,(H,24,28). The summed E-state index contributed by atoms with van der Waals surface area (Å²) in [7, 11) is 2.86. The van der Waals surface area contributed by atoms with Crippen LogP contribution in [0.3, 0.4) is 0 Å². The van der Waals surface area contributed by atoms with Crippen molar-refractivity contribution in [2.75, 3.05) is 32.8 Å². The fraction of sp³-hybridized carbons (Fsp3) is 0.364. The number of hydrogen-bond donors (Lipinski definition) is 1. The maximum absolute atomic E-state index is 12.8. The van der Waals surface area contributed by atoms with Crippen LogP contribution in [0.2, 0.25) is 5.02 Å². The number of rotatable bonds is 11. The first-order valence-corrected chi connectivity index (χ1v) is 10.3. The number of benzene rings is 2. The molecule has 0 spiro atoms. The third-order valence-corrected chi connectivity index (χ3v) is 4.55. The Labute approximate surface area is 191 Å². The lowest BCUT2D eigenvalue weighted by Crippen LogP contribution is -2.32. The van der Waals surface area contributed by atoms with Crippen LogP contribution in [0.1, 0.15) is 20.8 Å². The maximum atomic E-state index is 12.8. The summed E-state index contributed by atoms with van der Waals surface area (Å²) in [6, 6.07) is 6.72. The second-order valence-electron chi connectivity index (χ2n) is 6.38. The van der Waals surface area contributed by atoms with Crippen LogP contribution in [0.5, 0.6) is 23.0 Å². The molecule has 1 N–H and O–H groups in total. The minimum atomic E-state index is -1.37. The molecule has 0 aliphatic carbocycles. The Hall–Kier alpha value is -3.33. The third-order valence-electron chi connectivity index (χ3n) is 4.19. The van der Waals surface area contributed by atoms with Crippen LogP contribution in [0.4, 0.5) is 11.4 Å². The molecule has 0 saturated carbocycles. The second-order valence-corrected chi connectivity index (χ2v) is 6.76. The van der Waals surface area contributed by atoms with Gasteiger partial charge in [0.1, 0.15) is 10.8 Å². The van der Waals surface area contributed by atoms with E-state index in [-0.39, 0.29) is 16.5 Å². The molecule has 0 heterocycles. The van der Waals surface area contributed by atoms with Crippen molar-refractivity contribution in [2.24, 2.45) is 10.2 Å². The minimum absolute atomic E-state index is 0.187. The van der Waals surface area contributed by atoms with E-state index >= 15 is 0 Å². The number of amides is 1. The average molecular weight is 464 g/mol. The van der Waals surface area contributed by atoms with Gasteiger partial charge in [-0.15, -0.1) is 0 Å². The Morgan fingerprint density at radius 1 is 1.00 bits per heavy atom. The fourth-order valence-electron chi connectivity index (χ4n) is 2.74. The Kier molecular flexibility index (Phi) is 9.27. The van der Waals surface area contributed by atoms with Gasteiger partial charge in [-0.2, -0.15) is 10.2 Å². The zero-order valence-corrected chi connectivity index (χ0v) is 19.4. The van der Waals surface area contributed by atoms with E-state index in [0.717, 1.165) is 0 Å². The van der Waals surface area contributed by atoms with Gasteiger partial charge in [-0.25, -0.2) is 0 Å². The van der Waals surface area contributed by atoms with Crippen molar-refractivity contribution < 1.29 is 28.5 Å². The number of halogens is 1. The first-order valence-electron chi connectivity index (χ1n) is 9.88. The normalized spacial score (nSPS) is 11.7. The molecular formula is C22H26ClN3O6. The van der Waals surface area contributed by atoms with Gasteiger partial charge >= 0.3 is 0 Å². The van der Waals surface area contributed by atoms with Crippen molar-refractivity contribution in [3.05, 3.63) is 35.4 Å². The van der Waals surface area contributed by atoms with Crippen LogP contribution in [-0.4, -0.2) is 45.2 Å². The number of ether oxygens (including phenoxy) is 4. The van der Waals surface area contributed by atoms with E-state index in [1.165, 1.54) is 21.1 Å². The molecule has 9 nitrogen and oxygen atoms in total. The average Bonchev–Trinajstić information content (AvgIpc) is 2.76. The van der Waals surface area contributed by atoms with Crippen molar-refractivity contribution >= 4 is 34.7 Å². The van der Waals surface area contributed by atoms with Gasteiger partial charge in [-0.05, 0) is 45.0 Å². The van der Waals surface area contributed by atoms with E-state index in [0.29, 0.717) is 36.1 Å². The molecule has 0 aromatic heterocycles. The first-order chi connectivity index (χ1) is 15.4. The van der Waals surface area contributed by atoms with Crippen molar-refractivity contribution in [3.8, 4) is 23.0 Å². The molecule has 1 unspecified atom stereocenters. The monoisotopic (exact) mass is 463 g/mol. The number of nitrogens with zero attached hydrogens (tertiary/aromatic N) is 2. The summed E-state index contributed by atoms with van der Waals surface area (Å²) in [5, 5.41) is 10.8. The highest BCUT2D eigenvalue weighted by Gasteiger charge is 2.25. The molecule has 0 fully saturated rings. The summed E-state index contributed by atoms with van der Waals surface area (Å²) >= 11 is 6.22. The fourth-order valence-corrected chi connectivity index (χ4v) is 3.06. The molecule has 2 aromatic carbocycles. The number of anilines is 1. The number of hydrogen-bond acceptors (Lipinski definition) is 8. The number of azo groups is 1. The van der Waals surface area contributed by atoms with Gasteiger partial charge in [0.15, 0.2) is 23.0 Å². The van der Waals surface area contributed by atoms with Crippen molar-refractivity contribution in [1.82, 2.24) is 0 Å². The van der Waals surface area contributed by atoms with Gasteiger partial charge in [-0.3, -0.25) is 9.59 Å². The van der Waals surface area contributed by atoms with Gasteiger partial charge in [0.25, 0.3) is 5.91 Å². The highest BCUT2D eigenvalue weighted by atomic mass is 35.5. The number of nitrogens with one attached hydrogen (secondary N) is 1. The lowest BCUT2D eigenvalue weighted by molar-refractivity contribution is -0.126. The van der Waals surface area contributed by atoms with Crippen LogP contribution in [0, 0.1) is 0 Å². The number of Topliss-reactive ketones (excluding diaryl/α,β-unsaturated/α-hetero) is 1. The second kappa shape index (κ2) is 11.9. The van der Waals surface area contributed by atoms with Crippen LogP contribution in [0.15, 0.2) is 40.6 Å². The molecule has 10 heteroatoms. The molecule has 0 aliphatic rings. The molecule has 32 heavy (non-hydrogen) atoms. The third kappa shape index (κ3) is 6.10. The molecule has 0 saturated heterocycles. The van der Waals surface area contributed by atoms with Gasteiger partial charge in [0, 0.05) is 6.07 Å². The van der Waals surface area contributed by atoms with E-state index in [9.17, 15) is 9.59 Å². The van der Waals surface area contributed by atoms with Crippen molar-refractivity contribution in [3.63, 3.8) is 0 Å². The summed E-state index contributed by atoms with van der Waals surface area (Å²) in [6.07, 6.45) is 0. The van der Waals surface area contributed by atoms with E-state index in [4.69, 9.17) is 30.5 Å². The van der Waals surface area contributed by atoms with Crippen LogP contribution in [0.25, 0.3) is 0 Å². The molecule has 172 valence electrons. The SMILES string of the molecule is CCOc1ccc(N=NC(C(C)=O)C(=O)Nc2ccc(OC)c(Cl)c2OC)cc1OCC. The van der Waals surface area contributed by atoms with E-state index in [2.05, 4.69) is 15.5 Å². The highest BCUT2D eigenvalue weighted by molar-refractivity contribution is 6.34. The lowest BCUT2D eigenvalue weighted by atomic mass is 10.2. The predicted molar refractivity (Wildman–Crippen MR) is 121 cm³/mol. The zero-order valence-electron chi connectivity index (χ0n) is 18.6. The maximum Gasteiger partial charge on any atom is 0.258 e. The minimum Gasteiger partial charge on any atom is -0.495 e. The van der Waals surface area contributed by atoms with Gasteiger partial charge < -0.3 is 24.3 Å². The summed E-state index contributed by atoms with van der Waals surface area (Å²) in [5.74, 6) is 0.471. The highest BCUT2D eigenvalue weighted by Crippen LogP contribution is 2.40. The molecule has 2 rings (SSSR count). The topological polar surface area (TPSA) is 108 Å². The Morgan fingerprint density at radius 3 is 2.25 bits per heavy atom.